The molecule has 2 unspecified atom stereocenters. The van der Waals surface area contributed by atoms with Crippen molar-refractivity contribution in [1.82, 2.24) is 9.78 Å². The summed E-state index contributed by atoms with van der Waals surface area (Å²) in [5.41, 5.74) is -1.14. The molecular formula is C18H19ClF3N3O2. The second kappa shape index (κ2) is 7.52. The van der Waals surface area contributed by atoms with E-state index in [0.29, 0.717) is 18.8 Å². The number of aliphatic hydroxyl groups excluding tert-OH is 1. The number of halogens is 4. The molecule has 0 spiro atoms. The van der Waals surface area contributed by atoms with E-state index in [9.17, 15) is 23.1 Å². The Kier molecular flexibility index (Phi) is 5.48. The van der Waals surface area contributed by atoms with Gasteiger partial charge < -0.3 is 10.0 Å². The van der Waals surface area contributed by atoms with Gasteiger partial charge in [-0.2, -0.15) is 23.0 Å². The summed E-state index contributed by atoms with van der Waals surface area (Å²) in [5.74, 6) is 0.0562. The van der Waals surface area contributed by atoms with Crippen LogP contribution in [-0.4, -0.2) is 34.1 Å². The smallest absolute Gasteiger partial charge is 0.393 e. The lowest BCUT2D eigenvalue weighted by atomic mass is 9.93. The lowest BCUT2D eigenvalue weighted by Gasteiger charge is -2.35. The number of benzene rings is 1. The molecule has 0 amide bonds. The van der Waals surface area contributed by atoms with Crippen molar-refractivity contribution >= 4 is 17.3 Å². The molecule has 9 heteroatoms. The van der Waals surface area contributed by atoms with Crippen molar-refractivity contribution in [3.05, 3.63) is 51.4 Å². The molecule has 0 radical (unpaired) electrons. The van der Waals surface area contributed by atoms with Crippen molar-refractivity contribution in [2.75, 3.05) is 18.0 Å². The van der Waals surface area contributed by atoms with Crippen molar-refractivity contribution < 1.29 is 18.3 Å². The average molecular weight is 402 g/mol. The molecule has 5 nitrogen and oxygen atoms in total. The van der Waals surface area contributed by atoms with Crippen LogP contribution in [0.1, 0.15) is 25.3 Å². The third-order valence-corrected chi connectivity index (χ3v) is 5.15. The topological polar surface area (TPSA) is 58.4 Å². The predicted octanol–water partition coefficient (Wildman–Crippen LogP) is 3.50. The van der Waals surface area contributed by atoms with Gasteiger partial charge in [-0.1, -0.05) is 17.7 Å². The summed E-state index contributed by atoms with van der Waals surface area (Å²) < 4.78 is 39.6. The fraction of sp³-hybridized carbons (Fsp3) is 0.444. The Morgan fingerprint density at radius 3 is 2.78 bits per heavy atom. The second-order valence-corrected chi connectivity index (χ2v) is 7.08. The van der Waals surface area contributed by atoms with Crippen LogP contribution in [0.3, 0.4) is 0 Å². The zero-order valence-corrected chi connectivity index (χ0v) is 15.3. The molecule has 1 N–H and O–H groups in total. The Bertz CT molecular complexity index is 883. The lowest BCUT2D eigenvalue weighted by molar-refractivity contribution is -0.137. The van der Waals surface area contributed by atoms with Gasteiger partial charge in [0.25, 0.3) is 5.56 Å². The monoisotopic (exact) mass is 401 g/mol. The molecule has 2 aromatic rings. The van der Waals surface area contributed by atoms with Crippen molar-refractivity contribution in [3.63, 3.8) is 0 Å². The summed E-state index contributed by atoms with van der Waals surface area (Å²) in [6, 6.07) is 4.36. The molecule has 1 fully saturated rings. The molecule has 0 bridgehead atoms. The maximum Gasteiger partial charge on any atom is 0.416 e. The highest BCUT2D eigenvalue weighted by molar-refractivity contribution is 6.33. The number of rotatable bonds is 3. The van der Waals surface area contributed by atoms with Crippen LogP contribution in [0.2, 0.25) is 5.02 Å². The largest absolute Gasteiger partial charge is 0.416 e. The molecule has 1 aromatic heterocycles. The molecule has 1 aromatic carbocycles. The summed E-state index contributed by atoms with van der Waals surface area (Å²) in [6.07, 6.45) is -1.91. The van der Waals surface area contributed by atoms with Crippen molar-refractivity contribution in [2.24, 2.45) is 5.92 Å². The Balaban J connectivity index is 1.96. The van der Waals surface area contributed by atoms with Gasteiger partial charge in [0.2, 0.25) is 0 Å². The number of aromatic nitrogens is 2. The lowest BCUT2D eigenvalue weighted by Crippen LogP contribution is -2.40. The highest BCUT2D eigenvalue weighted by atomic mass is 35.5. The fourth-order valence-electron chi connectivity index (χ4n) is 3.26. The summed E-state index contributed by atoms with van der Waals surface area (Å²) in [4.78, 5) is 14.5. The van der Waals surface area contributed by atoms with Gasteiger partial charge in [-0.15, -0.1) is 0 Å². The second-order valence-electron chi connectivity index (χ2n) is 6.70. The van der Waals surface area contributed by atoms with E-state index in [2.05, 4.69) is 5.10 Å². The molecule has 0 aliphatic carbocycles. The number of hydrogen-bond acceptors (Lipinski definition) is 4. The van der Waals surface area contributed by atoms with E-state index < -0.39 is 23.4 Å². The molecular weight excluding hydrogens is 383 g/mol. The molecule has 2 atom stereocenters. The average Bonchev–Trinajstić information content (AvgIpc) is 2.63. The molecule has 146 valence electrons. The molecule has 1 aliphatic rings. The SMILES string of the molecule is CC(O)C1CCCN(c2cnn(-c3cccc(C(F)(F)F)c3)c(=O)c2Cl)C1. The molecule has 3 rings (SSSR count). The van der Waals surface area contributed by atoms with Gasteiger partial charge in [0.1, 0.15) is 5.02 Å². The van der Waals surface area contributed by atoms with Crippen LogP contribution in [0.5, 0.6) is 0 Å². The van der Waals surface area contributed by atoms with E-state index in [1.54, 1.807) is 6.92 Å². The zero-order chi connectivity index (χ0) is 19.8. The van der Waals surface area contributed by atoms with Crippen molar-refractivity contribution in [2.45, 2.75) is 32.0 Å². The third kappa shape index (κ3) is 4.11. The summed E-state index contributed by atoms with van der Waals surface area (Å²) in [6.45, 7) is 2.92. The van der Waals surface area contributed by atoms with Crippen LogP contribution in [-0.2, 0) is 6.18 Å². The number of nitrogens with zero attached hydrogens (tertiary/aromatic N) is 3. The van der Waals surface area contributed by atoms with Crippen LogP contribution in [0.15, 0.2) is 35.3 Å². The van der Waals surface area contributed by atoms with Gasteiger partial charge in [0, 0.05) is 19.0 Å². The van der Waals surface area contributed by atoms with E-state index in [0.717, 1.165) is 29.7 Å². The fourth-order valence-corrected chi connectivity index (χ4v) is 3.51. The van der Waals surface area contributed by atoms with Crippen LogP contribution in [0.25, 0.3) is 5.69 Å². The van der Waals surface area contributed by atoms with Gasteiger partial charge >= 0.3 is 6.18 Å². The van der Waals surface area contributed by atoms with Gasteiger partial charge in [-0.25, -0.2) is 0 Å². The Labute approximate surface area is 159 Å². The number of anilines is 1. The van der Waals surface area contributed by atoms with E-state index in [1.165, 1.54) is 18.3 Å². The highest BCUT2D eigenvalue weighted by Crippen LogP contribution is 2.31. The molecule has 1 saturated heterocycles. The number of piperidine rings is 1. The van der Waals surface area contributed by atoms with Gasteiger partial charge in [0.05, 0.1) is 29.2 Å². The van der Waals surface area contributed by atoms with Crippen LogP contribution in [0.4, 0.5) is 18.9 Å². The Morgan fingerprint density at radius 1 is 1.37 bits per heavy atom. The summed E-state index contributed by atoms with van der Waals surface area (Å²) in [5, 5.41) is 13.7. The van der Waals surface area contributed by atoms with Gasteiger partial charge in [0.15, 0.2) is 0 Å². The van der Waals surface area contributed by atoms with Gasteiger partial charge in [-0.3, -0.25) is 4.79 Å². The normalized spacial score (nSPS) is 19.2. The first-order chi connectivity index (χ1) is 12.7. The minimum absolute atomic E-state index is 0.0104. The van der Waals surface area contributed by atoms with E-state index in [1.807, 2.05) is 4.90 Å². The van der Waals surface area contributed by atoms with E-state index in [4.69, 9.17) is 11.6 Å². The highest BCUT2D eigenvalue weighted by Gasteiger charge is 2.31. The minimum Gasteiger partial charge on any atom is -0.393 e. The molecule has 27 heavy (non-hydrogen) atoms. The molecule has 1 aliphatic heterocycles. The first-order valence-corrected chi connectivity index (χ1v) is 8.94. The number of hydrogen-bond donors (Lipinski definition) is 1. The molecule has 2 heterocycles. The Hall–Kier alpha value is -2.06. The molecule has 0 saturated carbocycles. The first kappa shape index (κ1) is 19.7. The maximum absolute atomic E-state index is 12.9. The third-order valence-electron chi connectivity index (χ3n) is 4.80. The number of alkyl halides is 3. The Morgan fingerprint density at radius 2 is 2.11 bits per heavy atom. The van der Waals surface area contributed by atoms with Crippen molar-refractivity contribution in [1.29, 1.82) is 0 Å². The zero-order valence-electron chi connectivity index (χ0n) is 14.6. The summed E-state index contributed by atoms with van der Waals surface area (Å²) >= 11 is 6.24. The number of aliphatic hydroxyl groups is 1. The first-order valence-electron chi connectivity index (χ1n) is 8.57. The van der Waals surface area contributed by atoms with E-state index in [-0.39, 0.29) is 16.6 Å². The van der Waals surface area contributed by atoms with Crippen LogP contribution >= 0.6 is 11.6 Å². The summed E-state index contributed by atoms with van der Waals surface area (Å²) in [7, 11) is 0. The minimum atomic E-state index is -4.52. The maximum atomic E-state index is 12.9. The standard InChI is InChI=1S/C18H19ClF3N3O2/c1-11(26)12-4-3-7-24(10-12)15-9-23-25(17(27)16(15)19)14-6-2-5-13(8-14)18(20,21)22/h2,5-6,8-9,11-12,26H,3-4,7,10H2,1H3. The quantitative estimate of drug-likeness (QED) is 0.855. The van der Waals surface area contributed by atoms with Crippen molar-refractivity contribution in [3.8, 4) is 5.69 Å². The predicted molar refractivity (Wildman–Crippen MR) is 96.5 cm³/mol. The van der Waals surface area contributed by atoms with Crippen LogP contribution < -0.4 is 10.5 Å². The van der Waals surface area contributed by atoms with E-state index >= 15 is 0 Å². The van der Waals surface area contributed by atoms with Crippen LogP contribution in [0, 0.1) is 5.92 Å². The van der Waals surface area contributed by atoms with Gasteiger partial charge in [-0.05, 0) is 38.0 Å².